The maximum atomic E-state index is 12.5. The van der Waals surface area contributed by atoms with Gasteiger partial charge in [0.1, 0.15) is 0 Å². The predicted molar refractivity (Wildman–Crippen MR) is 37.4 cm³/mol. The van der Waals surface area contributed by atoms with Gasteiger partial charge in [0.25, 0.3) is 0 Å². The summed E-state index contributed by atoms with van der Waals surface area (Å²) < 4.78 is 62.0. The smallest absolute Gasteiger partial charge is 0.889 e. The van der Waals surface area contributed by atoms with E-state index in [9.17, 15) is 32.0 Å². The minimum Gasteiger partial charge on any atom is -0.889 e. The molecule has 0 heterocycles. The van der Waals surface area contributed by atoms with E-state index < -0.39 is 41.7 Å². The van der Waals surface area contributed by atoms with Gasteiger partial charge >= 0.3 is 27.3 Å². The Labute approximate surface area is 101 Å². The molecule has 2 nitrogen and oxygen atoms in total. The molecule has 1 aromatic carbocycles. The minimum atomic E-state index is -3.26. The minimum absolute atomic E-state index is 0. The van der Waals surface area contributed by atoms with Crippen LogP contribution in [0.5, 0.6) is 0 Å². The van der Waals surface area contributed by atoms with Crippen LogP contribution in [0, 0.1) is 29.1 Å². The summed E-state index contributed by atoms with van der Waals surface area (Å²) in [7, 11) is -3.26. The maximum absolute atomic E-state index is 12.5. The summed E-state index contributed by atoms with van der Waals surface area (Å²) in [5.41, 5.74) is -1.89. The zero-order valence-corrected chi connectivity index (χ0v) is 10.7. The number of halogens is 5. The average molecular weight is 417 g/mol. The first-order valence-electron chi connectivity index (χ1n) is 3.20. The van der Waals surface area contributed by atoms with Crippen LogP contribution in [0.25, 0.3) is 0 Å². The molecule has 1 aromatic rings. The summed E-state index contributed by atoms with van der Waals surface area (Å²) in [4.78, 5) is 0. The van der Waals surface area contributed by atoms with Crippen LogP contribution >= 0.6 is 0 Å². The Hall–Kier alpha value is -0.223. The van der Waals surface area contributed by atoms with Gasteiger partial charge in [-0.1, -0.05) is 7.12 Å². The molecule has 0 aliphatic rings. The summed E-state index contributed by atoms with van der Waals surface area (Å²) in [6, 6.07) is 0. The molecule has 0 saturated heterocycles. The second-order valence-electron chi connectivity index (χ2n) is 2.32. The third-order valence-corrected chi connectivity index (χ3v) is 1.48. The van der Waals surface area contributed by atoms with Crippen LogP contribution in [-0.2, 0) is 0 Å². The van der Waals surface area contributed by atoms with Crippen LogP contribution in [0.4, 0.5) is 22.0 Å². The Morgan fingerprint density at radius 1 is 0.667 bits per heavy atom. The molecule has 0 aromatic heterocycles. The fourth-order valence-corrected chi connectivity index (χ4v) is 0.829. The first-order chi connectivity index (χ1) is 6.37. The van der Waals surface area contributed by atoms with Crippen molar-refractivity contribution in [3.05, 3.63) is 29.1 Å². The molecule has 2 radical (unpaired) electrons. The van der Waals surface area contributed by atoms with E-state index in [2.05, 4.69) is 0 Å². The quantitative estimate of drug-likeness (QED) is 0.240. The topological polar surface area (TPSA) is 46.1 Å². The van der Waals surface area contributed by atoms with Gasteiger partial charge in [0.15, 0.2) is 29.1 Å². The molecule has 9 heteroatoms. The molecule has 0 atom stereocenters. The zero-order chi connectivity index (χ0) is 11.0. The van der Waals surface area contributed by atoms with Crippen molar-refractivity contribution < 1.29 is 32.0 Å². The number of benzene rings is 1. The second-order valence-corrected chi connectivity index (χ2v) is 2.32. The monoisotopic (exact) mass is 418 g/mol. The van der Waals surface area contributed by atoms with Crippen molar-refractivity contribution >= 4 is 39.9 Å². The average Bonchev–Trinajstić information content (AvgIpc) is 2.11. The molecule has 0 fully saturated rings. The van der Waals surface area contributed by atoms with Gasteiger partial charge in [0.2, 0.25) is 0 Å². The molecule has 0 saturated carbocycles. The summed E-state index contributed by atoms with van der Waals surface area (Å²) in [6.07, 6.45) is 0. The van der Waals surface area contributed by atoms with Gasteiger partial charge in [-0.15, -0.1) is 0 Å². The molecule has 15 heavy (non-hydrogen) atoms. The van der Waals surface area contributed by atoms with E-state index in [0.29, 0.717) is 0 Å². The molecule has 0 bridgehead atoms. The van der Waals surface area contributed by atoms with E-state index in [1.807, 2.05) is 0 Å². The second kappa shape index (κ2) is 5.21. The molecule has 0 aliphatic heterocycles. The molecule has 0 spiro atoms. The number of rotatable bonds is 1. The molecular formula is C6BF5O2Pb. The number of hydrogen-bond donors (Lipinski definition) is 0. The summed E-state index contributed by atoms with van der Waals surface area (Å²) in [6.45, 7) is 0. The third-order valence-electron chi connectivity index (χ3n) is 1.48. The Morgan fingerprint density at radius 3 is 1.20 bits per heavy atom. The first kappa shape index (κ1) is 14.8. The van der Waals surface area contributed by atoms with Gasteiger partial charge in [-0.05, 0) is 5.46 Å². The fourth-order valence-electron chi connectivity index (χ4n) is 0.829. The molecule has 78 valence electrons. The Kier molecular flexibility index (Phi) is 5.13. The van der Waals surface area contributed by atoms with E-state index in [1.54, 1.807) is 0 Å². The molecule has 0 amide bonds. The third kappa shape index (κ3) is 2.48. The van der Waals surface area contributed by atoms with Gasteiger partial charge in [-0.3, -0.25) is 0 Å². The van der Waals surface area contributed by atoms with Crippen LogP contribution in [0.1, 0.15) is 0 Å². The van der Waals surface area contributed by atoms with Gasteiger partial charge < -0.3 is 10.0 Å². The van der Waals surface area contributed by atoms with Crippen molar-refractivity contribution in [1.29, 1.82) is 0 Å². The van der Waals surface area contributed by atoms with E-state index in [4.69, 9.17) is 0 Å². The van der Waals surface area contributed by atoms with E-state index in [1.165, 1.54) is 0 Å². The van der Waals surface area contributed by atoms with Crippen molar-refractivity contribution in [3.63, 3.8) is 0 Å². The maximum Gasteiger partial charge on any atom is 2.00 e. The standard InChI is InChI=1S/C6BF5O2.Pb/c8-2-1(7(13)14)3(9)5(11)6(12)4(2)10;/q-2;+2. The van der Waals surface area contributed by atoms with Crippen LogP contribution in [0.3, 0.4) is 0 Å². The summed E-state index contributed by atoms with van der Waals surface area (Å²) in [5.74, 6) is -11.7. The molecule has 1 rings (SSSR count). The van der Waals surface area contributed by atoms with E-state index in [0.717, 1.165) is 0 Å². The van der Waals surface area contributed by atoms with Gasteiger partial charge in [0.05, 0.1) is 0 Å². The molecule has 0 aliphatic carbocycles. The van der Waals surface area contributed by atoms with Crippen molar-refractivity contribution in [2.45, 2.75) is 0 Å². The number of hydrogen-bond acceptors (Lipinski definition) is 2. The largest absolute Gasteiger partial charge is 2.00 e. The van der Waals surface area contributed by atoms with Crippen molar-refractivity contribution in [1.82, 2.24) is 0 Å². The van der Waals surface area contributed by atoms with Crippen LogP contribution < -0.4 is 15.5 Å². The van der Waals surface area contributed by atoms with E-state index in [-0.39, 0.29) is 27.3 Å². The van der Waals surface area contributed by atoms with Crippen LogP contribution in [0.2, 0.25) is 0 Å². The SMILES string of the molecule is [O-]B([O-])c1c(F)c(F)c(F)c(F)c1F.[Pb+2]. The van der Waals surface area contributed by atoms with Crippen LogP contribution in [0.15, 0.2) is 0 Å². The van der Waals surface area contributed by atoms with Crippen molar-refractivity contribution in [2.24, 2.45) is 0 Å². The van der Waals surface area contributed by atoms with Gasteiger partial charge in [-0.25, -0.2) is 22.0 Å². The fraction of sp³-hybridized carbons (Fsp3) is 0. The molecular weight excluding hydrogens is 417 g/mol. The normalized spacial score (nSPS) is 9.80. The van der Waals surface area contributed by atoms with Gasteiger partial charge in [-0.2, -0.15) is 0 Å². The van der Waals surface area contributed by atoms with Gasteiger partial charge in [0, 0.05) is 0 Å². The Morgan fingerprint density at radius 2 is 0.933 bits per heavy atom. The molecule has 0 unspecified atom stereocenters. The summed E-state index contributed by atoms with van der Waals surface area (Å²) in [5, 5.41) is 20.2. The van der Waals surface area contributed by atoms with Crippen LogP contribution in [-0.4, -0.2) is 34.4 Å². The molecule has 0 N–H and O–H groups in total. The summed E-state index contributed by atoms with van der Waals surface area (Å²) >= 11 is 0. The van der Waals surface area contributed by atoms with Crippen molar-refractivity contribution in [3.8, 4) is 0 Å². The van der Waals surface area contributed by atoms with E-state index >= 15 is 0 Å². The Bertz CT molecular complexity index is 357. The first-order valence-corrected chi connectivity index (χ1v) is 3.20. The zero-order valence-electron chi connectivity index (χ0n) is 6.78. The van der Waals surface area contributed by atoms with Crippen molar-refractivity contribution in [2.75, 3.05) is 0 Å². The Balaban J connectivity index is 0.00000196. The predicted octanol–water partition coefficient (Wildman–Crippen LogP) is -1.58.